The normalized spacial score (nSPS) is 13.2. The summed E-state index contributed by atoms with van der Waals surface area (Å²) in [5.41, 5.74) is 5.07. The maximum absolute atomic E-state index is 12.7. The molecule has 3 aromatic rings. The van der Waals surface area contributed by atoms with E-state index in [2.05, 4.69) is 35.8 Å². The van der Waals surface area contributed by atoms with Gasteiger partial charge in [-0.3, -0.25) is 4.79 Å². The summed E-state index contributed by atoms with van der Waals surface area (Å²) in [5.74, 6) is 1.46. The van der Waals surface area contributed by atoms with E-state index in [1.54, 1.807) is 13.2 Å². The van der Waals surface area contributed by atoms with E-state index in [1.165, 1.54) is 5.56 Å². The van der Waals surface area contributed by atoms with Crippen molar-refractivity contribution in [1.82, 2.24) is 4.57 Å². The lowest BCUT2D eigenvalue weighted by molar-refractivity contribution is 0.0484. The summed E-state index contributed by atoms with van der Waals surface area (Å²) >= 11 is 0. The smallest absolute Gasteiger partial charge is 0.197 e. The predicted octanol–water partition coefficient (Wildman–Crippen LogP) is 5.15. The van der Waals surface area contributed by atoms with Crippen molar-refractivity contribution >= 4 is 0 Å². The molecule has 1 unspecified atom stereocenters. The van der Waals surface area contributed by atoms with Crippen LogP contribution >= 0.6 is 0 Å². The van der Waals surface area contributed by atoms with Crippen LogP contribution in [0, 0.1) is 6.92 Å². The summed E-state index contributed by atoms with van der Waals surface area (Å²) in [5, 5.41) is 0. The Labute approximate surface area is 189 Å². The molecule has 0 bridgehead atoms. The molecule has 0 saturated carbocycles. The van der Waals surface area contributed by atoms with Gasteiger partial charge in [-0.2, -0.15) is 0 Å². The Bertz CT molecular complexity index is 1120. The Morgan fingerprint density at radius 2 is 1.88 bits per heavy atom. The van der Waals surface area contributed by atoms with Crippen molar-refractivity contribution in [3.8, 4) is 22.9 Å². The van der Waals surface area contributed by atoms with Crippen molar-refractivity contribution in [3.05, 3.63) is 81.5 Å². The minimum Gasteiger partial charge on any atom is -0.489 e. The van der Waals surface area contributed by atoms with Crippen LogP contribution in [-0.2, 0) is 24.3 Å². The molecule has 2 aromatic carbocycles. The van der Waals surface area contributed by atoms with E-state index in [9.17, 15) is 4.79 Å². The number of benzene rings is 2. The third-order valence-electron chi connectivity index (χ3n) is 6.06. The van der Waals surface area contributed by atoms with Crippen molar-refractivity contribution in [2.75, 3.05) is 13.7 Å². The van der Waals surface area contributed by atoms with Gasteiger partial charge in [-0.15, -0.1) is 0 Å². The highest BCUT2D eigenvalue weighted by molar-refractivity contribution is 5.70. The fraction of sp³-hybridized carbons (Fsp3) is 0.370. The zero-order valence-electron chi connectivity index (χ0n) is 19.1. The van der Waals surface area contributed by atoms with Gasteiger partial charge in [-0.1, -0.05) is 43.7 Å². The Morgan fingerprint density at radius 3 is 2.62 bits per heavy atom. The number of rotatable bonds is 9. The Balaban J connectivity index is 1.60. The second-order valence-electron chi connectivity index (χ2n) is 8.27. The first-order valence-corrected chi connectivity index (χ1v) is 11.3. The van der Waals surface area contributed by atoms with Crippen LogP contribution in [0.4, 0.5) is 0 Å². The molecule has 1 aliphatic rings. The van der Waals surface area contributed by atoms with Crippen LogP contribution in [0.3, 0.4) is 0 Å². The molecule has 2 heterocycles. The quantitative estimate of drug-likeness (QED) is 0.468. The number of ether oxygens (including phenoxy) is 3. The number of hydrogen-bond acceptors (Lipinski definition) is 4. The molecule has 5 heteroatoms. The highest BCUT2D eigenvalue weighted by Crippen LogP contribution is 2.35. The van der Waals surface area contributed by atoms with Crippen LogP contribution in [0.2, 0.25) is 0 Å². The average Bonchev–Trinajstić information content (AvgIpc) is 2.83. The van der Waals surface area contributed by atoms with E-state index in [4.69, 9.17) is 14.2 Å². The molecular weight excluding hydrogens is 402 g/mol. The fourth-order valence-electron chi connectivity index (χ4n) is 4.26. The molecule has 0 saturated heterocycles. The van der Waals surface area contributed by atoms with Crippen LogP contribution in [0.25, 0.3) is 11.3 Å². The molecule has 1 aromatic heterocycles. The first kappa shape index (κ1) is 22.2. The summed E-state index contributed by atoms with van der Waals surface area (Å²) in [7, 11) is 1.70. The van der Waals surface area contributed by atoms with Crippen LogP contribution < -0.4 is 14.9 Å². The van der Waals surface area contributed by atoms with E-state index < -0.39 is 0 Å². The zero-order valence-corrected chi connectivity index (χ0v) is 19.1. The van der Waals surface area contributed by atoms with Crippen LogP contribution in [0.15, 0.2) is 59.4 Å². The van der Waals surface area contributed by atoms with Crippen molar-refractivity contribution in [3.63, 3.8) is 0 Å². The topological polar surface area (TPSA) is 49.7 Å². The molecule has 1 atom stereocenters. The highest BCUT2D eigenvalue weighted by atomic mass is 16.5. The van der Waals surface area contributed by atoms with Gasteiger partial charge in [0.2, 0.25) is 0 Å². The monoisotopic (exact) mass is 433 g/mol. The third kappa shape index (κ3) is 4.73. The predicted molar refractivity (Wildman–Crippen MR) is 127 cm³/mol. The van der Waals surface area contributed by atoms with Gasteiger partial charge in [0, 0.05) is 30.8 Å². The van der Waals surface area contributed by atoms with Crippen LogP contribution in [0.1, 0.15) is 36.5 Å². The number of nitrogens with zero attached hydrogens (tertiary/aromatic N) is 1. The van der Waals surface area contributed by atoms with E-state index in [-0.39, 0.29) is 11.5 Å². The van der Waals surface area contributed by atoms with Gasteiger partial charge in [-0.25, -0.2) is 0 Å². The minimum absolute atomic E-state index is 0.00652. The SMILES string of the molecule is CCCC(COc1cc(=O)c(C)c2n1CCc1cc(OCc3ccccc3)ccc1-2)OC. The lowest BCUT2D eigenvalue weighted by Gasteiger charge is -2.27. The van der Waals surface area contributed by atoms with E-state index >= 15 is 0 Å². The Kier molecular flexibility index (Phi) is 6.96. The molecule has 0 fully saturated rings. The molecule has 0 radical (unpaired) electrons. The summed E-state index contributed by atoms with van der Waals surface area (Å²) in [6.45, 7) is 5.74. The van der Waals surface area contributed by atoms with Gasteiger partial charge in [0.05, 0.1) is 11.8 Å². The fourth-order valence-corrected chi connectivity index (χ4v) is 4.26. The van der Waals surface area contributed by atoms with Gasteiger partial charge in [-0.05, 0) is 49.1 Å². The zero-order chi connectivity index (χ0) is 22.5. The molecule has 5 nitrogen and oxygen atoms in total. The van der Waals surface area contributed by atoms with Gasteiger partial charge in [0.15, 0.2) is 11.3 Å². The molecule has 168 valence electrons. The number of aromatic nitrogens is 1. The molecule has 0 aliphatic carbocycles. The first-order valence-electron chi connectivity index (χ1n) is 11.3. The maximum atomic E-state index is 12.7. The number of hydrogen-bond donors (Lipinski definition) is 0. The number of fused-ring (bicyclic) bond motifs is 3. The number of methoxy groups -OCH3 is 1. The molecule has 32 heavy (non-hydrogen) atoms. The van der Waals surface area contributed by atoms with Gasteiger partial charge >= 0.3 is 0 Å². The number of pyridine rings is 1. The first-order chi connectivity index (χ1) is 15.6. The highest BCUT2D eigenvalue weighted by Gasteiger charge is 2.23. The van der Waals surface area contributed by atoms with Crippen LogP contribution in [-0.4, -0.2) is 24.4 Å². The van der Waals surface area contributed by atoms with Crippen LogP contribution in [0.5, 0.6) is 11.6 Å². The minimum atomic E-state index is -0.00652. The lowest BCUT2D eigenvalue weighted by atomic mass is 9.94. The largest absolute Gasteiger partial charge is 0.489 e. The molecule has 0 N–H and O–H groups in total. The van der Waals surface area contributed by atoms with Gasteiger partial charge in [0.25, 0.3) is 0 Å². The van der Waals surface area contributed by atoms with Crippen molar-refractivity contribution in [1.29, 1.82) is 0 Å². The molecule has 1 aliphatic heterocycles. The molecule has 0 amide bonds. The van der Waals surface area contributed by atoms with E-state index in [0.717, 1.165) is 53.9 Å². The van der Waals surface area contributed by atoms with Gasteiger partial charge < -0.3 is 18.8 Å². The van der Waals surface area contributed by atoms with E-state index in [1.807, 2.05) is 31.2 Å². The Morgan fingerprint density at radius 1 is 1.06 bits per heavy atom. The maximum Gasteiger partial charge on any atom is 0.197 e. The number of aryl methyl sites for hydroxylation is 1. The van der Waals surface area contributed by atoms with Gasteiger partial charge in [0.1, 0.15) is 19.0 Å². The van der Waals surface area contributed by atoms with Crippen molar-refractivity contribution in [2.24, 2.45) is 0 Å². The third-order valence-corrected chi connectivity index (χ3v) is 6.06. The van der Waals surface area contributed by atoms with Crippen molar-refractivity contribution < 1.29 is 14.2 Å². The summed E-state index contributed by atoms with van der Waals surface area (Å²) in [6, 6.07) is 17.9. The molecular formula is C27H31NO4. The summed E-state index contributed by atoms with van der Waals surface area (Å²) in [6.07, 6.45) is 2.82. The van der Waals surface area contributed by atoms with Crippen molar-refractivity contribution in [2.45, 2.75) is 52.4 Å². The molecule has 4 rings (SSSR count). The lowest BCUT2D eigenvalue weighted by Crippen LogP contribution is -2.25. The second kappa shape index (κ2) is 10.0. The summed E-state index contributed by atoms with van der Waals surface area (Å²) < 4.78 is 19.7. The van der Waals surface area contributed by atoms with E-state index in [0.29, 0.717) is 19.1 Å². The standard InChI is InChI=1S/C27H31NO4/c1-4-8-23(30-3)18-32-26-16-25(29)19(2)27-24-12-11-22(15-21(24)13-14-28(26)27)31-17-20-9-6-5-7-10-20/h5-7,9-12,15-16,23H,4,8,13-14,17-18H2,1-3H3. The summed E-state index contributed by atoms with van der Waals surface area (Å²) in [4.78, 5) is 12.7. The Hall–Kier alpha value is -3.05. The average molecular weight is 434 g/mol. The second-order valence-corrected chi connectivity index (χ2v) is 8.27. The molecule has 0 spiro atoms.